The average Bonchev–Trinajstić information content (AvgIpc) is 3.24. The number of rotatable bonds is 10. The van der Waals surface area contributed by atoms with E-state index in [0.717, 1.165) is 124 Å². The zero-order chi connectivity index (χ0) is 43.0. The van der Waals surface area contributed by atoms with Gasteiger partial charge in [0.2, 0.25) is 0 Å². The monoisotopic (exact) mass is 843 g/mol. The average molecular weight is 844 g/mol. The maximum absolute atomic E-state index is 13.6. The number of aliphatic hydroxyl groups excluding tert-OH is 3. The molecule has 4 aromatic carbocycles. The minimum absolute atomic E-state index is 0.118. The molecule has 2 saturated carbocycles. The second kappa shape index (κ2) is 18.3. The first-order valence-corrected chi connectivity index (χ1v) is 23.3. The molecule has 1 amide bonds. The lowest BCUT2D eigenvalue weighted by Gasteiger charge is -2.41. The molecule has 5 aliphatic carbocycles. The first-order chi connectivity index (χ1) is 30.3. The molecular formula is C53H65NO8. The molecule has 9 rings (SSSR count). The van der Waals surface area contributed by atoms with Gasteiger partial charge in [-0.1, -0.05) is 61.4 Å². The molecule has 0 radical (unpaired) electrons. The molecular weight excluding hydrogens is 779 g/mol. The van der Waals surface area contributed by atoms with Gasteiger partial charge in [-0.3, -0.25) is 4.79 Å². The lowest BCUT2D eigenvalue weighted by molar-refractivity contribution is -0.127. The minimum Gasteiger partial charge on any atom is -0.496 e. The van der Waals surface area contributed by atoms with Gasteiger partial charge in [-0.25, -0.2) is 0 Å². The lowest BCUT2D eigenvalue weighted by Crippen LogP contribution is -2.58. The first-order valence-electron chi connectivity index (χ1n) is 23.3. The summed E-state index contributed by atoms with van der Waals surface area (Å²) in [6.07, 6.45) is 16.0. The summed E-state index contributed by atoms with van der Waals surface area (Å²) in [6.45, 7) is -2.16. The van der Waals surface area contributed by atoms with Crippen LogP contribution in [0, 0.1) is 0 Å². The van der Waals surface area contributed by atoms with Crippen LogP contribution in [-0.4, -0.2) is 74.5 Å². The van der Waals surface area contributed by atoms with E-state index >= 15 is 0 Å². The van der Waals surface area contributed by atoms with E-state index in [1.165, 1.54) is 50.1 Å². The Bertz CT molecular complexity index is 2290. The fourth-order valence-corrected chi connectivity index (χ4v) is 11.6. The van der Waals surface area contributed by atoms with Crippen molar-refractivity contribution in [2.24, 2.45) is 0 Å². The Morgan fingerprint density at radius 2 is 0.839 bits per heavy atom. The molecule has 5 aliphatic rings. The maximum Gasteiger partial charge on any atom is 0.258 e. The van der Waals surface area contributed by atoms with Crippen LogP contribution in [0.5, 0.6) is 23.0 Å². The zero-order valence-electron chi connectivity index (χ0n) is 37.0. The Morgan fingerprint density at radius 1 is 0.516 bits per heavy atom. The van der Waals surface area contributed by atoms with Gasteiger partial charge in [0, 0.05) is 12.8 Å². The van der Waals surface area contributed by atoms with Crippen LogP contribution in [0.25, 0.3) is 0 Å². The number of hydrogen-bond acceptors (Lipinski definition) is 8. The lowest BCUT2D eigenvalue weighted by atomic mass is 9.64. The molecule has 9 heteroatoms. The van der Waals surface area contributed by atoms with Crippen LogP contribution in [0.1, 0.15) is 155 Å². The van der Waals surface area contributed by atoms with Crippen LogP contribution in [0.2, 0.25) is 0 Å². The van der Waals surface area contributed by atoms with Crippen molar-refractivity contribution in [3.8, 4) is 23.0 Å². The van der Waals surface area contributed by atoms with Crippen molar-refractivity contribution in [3.63, 3.8) is 0 Å². The van der Waals surface area contributed by atoms with E-state index < -0.39 is 31.3 Å². The first kappa shape index (κ1) is 42.7. The number of amides is 1. The fourth-order valence-electron chi connectivity index (χ4n) is 11.6. The molecule has 4 aromatic rings. The summed E-state index contributed by atoms with van der Waals surface area (Å²) >= 11 is 0. The largest absolute Gasteiger partial charge is 0.496 e. The molecule has 0 aliphatic heterocycles. The summed E-state index contributed by atoms with van der Waals surface area (Å²) < 4.78 is 26.3. The van der Waals surface area contributed by atoms with Crippen molar-refractivity contribution in [3.05, 3.63) is 115 Å². The molecule has 4 atom stereocenters. The third-order valence-corrected chi connectivity index (χ3v) is 15.1. The molecule has 0 saturated heterocycles. The van der Waals surface area contributed by atoms with Gasteiger partial charge in [0.15, 0.2) is 6.61 Å². The van der Waals surface area contributed by atoms with Crippen LogP contribution in [-0.2, 0) is 43.3 Å². The summed E-state index contributed by atoms with van der Waals surface area (Å²) in [5, 5.41) is 32.8. The van der Waals surface area contributed by atoms with Crippen LogP contribution < -0.4 is 24.3 Å². The number of ether oxygens (including phenoxy) is 4. The minimum atomic E-state index is -1.56. The Balaban J connectivity index is 1.29. The molecule has 12 bridgehead atoms. The summed E-state index contributed by atoms with van der Waals surface area (Å²) in [4.78, 5) is 13.6. The van der Waals surface area contributed by atoms with Gasteiger partial charge in [0.1, 0.15) is 28.5 Å². The topological polar surface area (TPSA) is 127 Å². The summed E-state index contributed by atoms with van der Waals surface area (Å²) in [7, 11) is 5.48. The highest BCUT2D eigenvalue weighted by Crippen LogP contribution is 2.58. The van der Waals surface area contributed by atoms with E-state index in [4.69, 9.17) is 18.9 Å². The van der Waals surface area contributed by atoms with Crippen LogP contribution in [0.4, 0.5) is 0 Å². The molecule has 2 fully saturated rings. The van der Waals surface area contributed by atoms with E-state index in [1.54, 1.807) is 0 Å². The SMILES string of the molecule is COc1c2cc3cc1[C@H]1CC[C@H]1c1cc(cc(c1OC)Cc1cc4cc(c1OC)[C@H]1CC[C@H]1c1cc(cc(c1OCC(=O)NC(CO)(CO)CO)C2)CCCCC4)CCCCC3. The Labute approximate surface area is 367 Å². The number of methoxy groups -OCH3 is 3. The van der Waals surface area contributed by atoms with E-state index in [9.17, 15) is 20.1 Å². The van der Waals surface area contributed by atoms with Gasteiger partial charge >= 0.3 is 0 Å². The van der Waals surface area contributed by atoms with Gasteiger partial charge < -0.3 is 39.6 Å². The number of fused-ring (bicyclic) bond motifs is 8. The predicted octanol–water partition coefficient (Wildman–Crippen LogP) is 8.28. The number of aliphatic hydroxyl groups is 3. The molecule has 0 unspecified atom stereocenters. The molecule has 9 nitrogen and oxygen atoms in total. The normalized spacial score (nSPS) is 21.6. The van der Waals surface area contributed by atoms with Gasteiger partial charge in [-0.15, -0.1) is 0 Å². The Hall–Kier alpha value is -4.57. The van der Waals surface area contributed by atoms with Crippen molar-refractivity contribution in [1.29, 1.82) is 0 Å². The van der Waals surface area contributed by atoms with Crippen LogP contribution >= 0.6 is 0 Å². The molecule has 0 aromatic heterocycles. The number of benzene rings is 4. The second-order valence-electron chi connectivity index (χ2n) is 19.0. The van der Waals surface area contributed by atoms with Crippen molar-refractivity contribution in [2.75, 3.05) is 47.8 Å². The van der Waals surface area contributed by atoms with Gasteiger partial charge in [-0.2, -0.15) is 0 Å². The zero-order valence-corrected chi connectivity index (χ0v) is 37.0. The van der Waals surface area contributed by atoms with Crippen molar-refractivity contribution in [2.45, 2.75) is 132 Å². The van der Waals surface area contributed by atoms with Crippen LogP contribution in [0.3, 0.4) is 0 Å². The molecule has 0 heterocycles. The van der Waals surface area contributed by atoms with Crippen molar-refractivity contribution < 1.29 is 39.1 Å². The summed E-state index contributed by atoms with van der Waals surface area (Å²) in [6, 6.07) is 19.1. The van der Waals surface area contributed by atoms with E-state index in [0.29, 0.717) is 18.6 Å². The number of hydrogen-bond donors (Lipinski definition) is 4. The standard InChI is InChI=1S/C53H65NO8/c1-59-49-36-18-32-10-6-4-7-12-34-20-38(51(61-3)45(23-34)41-15-14-40(41)44(49)22-32)27-39-21-35-13-9-5-8-11-33-19-37(26-36)50(60-2)46(24-33)42-16-17-43(42)47(25-35)52(39)62-28-48(58)54-53(29-55,30-56)31-57/h18-25,40-43,55-57H,4-17,26-31H2,1-3H3,(H,54,58)/t40-,41+,42+,43-/m1/s1. The predicted molar refractivity (Wildman–Crippen MR) is 241 cm³/mol. The fraction of sp³-hybridized carbons (Fsp3) is 0.528. The van der Waals surface area contributed by atoms with E-state index in [-0.39, 0.29) is 30.3 Å². The van der Waals surface area contributed by atoms with E-state index in [1.807, 2.05) is 21.3 Å². The van der Waals surface area contributed by atoms with Crippen LogP contribution in [0.15, 0.2) is 48.5 Å². The molecule has 62 heavy (non-hydrogen) atoms. The molecule has 0 spiro atoms. The number of carbonyl (C=O) groups excluding carboxylic acids is 1. The van der Waals surface area contributed by atoms with Gasteiger partial charge in [-0.05, 0) is 167 Å². The molecule has 330 valence electrons. The number of carbonyl (C=O) groups is 1. The Kier molecular flexibility index (Phi) is 12.6. The number of aryl methyl sites for hydroxylation is 4. The van der Waals surface area contributed by atoms with Crippen molar-refractivity contribution in [1.82, 2.24) is 5.32 Å². The van der Waals surface area contributed by atoms with Gasteiger partial charge in [0.25, 0.3) is 5.91 Å². The second-order valence-corrected chi connectivity index (χ2v) is 19.0. The summed E-state index contributed by atoms with van der Waals surface area (Å²) in [5.41, 5.74) is 13.3. The van der Waals surface area contributed by atoms with Crippen molar-refractivity contribution >= 4 is 5.91 Å². The maximum atomic E-state index is 13.6. The quantitative estimate of drug-likeness (QED) is 0.126. The third kappa shape index (κ3) is 8.10. The highest BCUT2D eigenvalue weighted by molar-refractivity contribution is 5.78. The highest BCUT2D eigenvalue weighted by atomic mass is 16.5. The van der Waals surface area contributed by atoms with E-state index in [2.05, 4.69) is 53.8 Å². The van der Waals surface area contributed by atoms with Gasteiger partial charge in [0.05, 0.1) is 41.2 Å². The molecule has 4 N–H and O–H groups in total. The third-order valence-electron chi connectivity index (χ3n) is 15.1. The Morgan fingerprint density at radius 3 is 1.15 bits per heavy atom. The highest BCUT2D eigenvalue weighted by Gasteiger charge is 2.41. The smallest absolute Gasteiger partial charge is 0.258 e. The summed E-state index contributed by atoms with van der Waals surface area (Å²) in [5.74, 6) is 3.93. The number of nitrogens with one attached hydrogen (secondary N) is 1.